The summed E-state index contributed by atoms with van der Waals surface area (Å²) in [6.07, 6.45) is -2.08. The van der Waals surface area contributed by atoms with Crippen molar-refractivity contribution in [3.63, 3.8) is 0 Å². The van der Waals surface area contributed by atoms with Gasteiger partial charge in [0.15, 0.2) is 12.2 Å². The summed E-state index contributed by atoms with van der Waals surface area (Å²) < 4.78 is 15.7. The molecule has 148 valence electrons. The van der Waals surface area contributed by atoms with Crippen LogP contribution in [0.4, 0.5) is 11.4 Å². The number of nitro benzene ring substituents is 1. The van der Waals surface area contributed by atoms with Crippen LogP contribution in [0, 0.1) is 10.1 Å². The highest BCUT2D eigenvalue weighted by Crippen LogP contribution is 2.29. The third-order valence-electron chi connectivity index (χ3n) is 3.70. The second-order valence-electron chi connectivity index (χ2n) is 5.78. The highest BCUT2D eigenvalue weighted by Gasteiger charge is 2.24. The molecule has 1 amide bonds. The summed E-state index contributed by atoms with van der Waals surface area (Å²) in [4.78, 5) is 34.8. The minimum Gasteiger partial charge on any atom is -0.495 e. The Morgan fingerprint density at radius 1 is 1.07 bits per heavy atom. The maximum Gasteiger partial charge on any atom is 0.347 e. The Labute approximate surface area is 161 Å². The Kier molecular flexibility index (Phi) is 6.91. The van der Waals surface area contributed by atoms with Crippen molar-refractivity contribution in [2.24, 2.45) is 0 Å². The average Bonchev–Trinajstić information content (AvgIpc) is 2.68. The third kappa shape index (κ3) is 5.44. The van der Waals surface area contributed by atoms with Gasteiger partial charge < -0.3 is 19.5 Å². The number of methoxy groups -OCH3 is 1. The largest absolute Gasteiger partial charge is 0.495 e. The number of esters is 1. The van der Waals surface area contributed by atoms with Crippen LogP contribution in [-0.4, -0.2) is 36.1 Å². The normalized spacial score (nSPS) is 12.4. The van der Waals surface area contributed by atoms with E-state index in [1.54, 1.807) is 24.3 Å². The quantitative estimate of drug-likeness (QED) is 0.420. The van der Waals surface area contributed by atoms with Gasteiger partial charge >= 0.3 is 5.97 Å². The van der Waals surface area contributed by atoms with Crippen LogP contribution in [0.2, 0.25) is 0 Å². The van der Waals surface area contributed by atoms with Gasteiger partial charge in [-0.25, -0.2) is 4.79 Å². The molecule has 1 N–H and O–H groups in total. The van der Waals surface area contributed by atoms with Gasteiger partial charge in [-0.2, -0.15) is 0 Å². The number of hydrogen-bond donors (Lipinski definition) is 1. The van der Waals surface area contributed by atoms with Gasteiger partial charge in [0, 0.05) is 12.1 Å². The van der Waals surface area contributed by atoms with E-state index in [1.165, 1.54) is 33.1 Å². The molecule has 2 aromatic carbocycles. The zero-order chi connectivity index (χ0) is 20.7. The lowest BCUT2D eigenvalue weighted by molar-refractivity contribution is -0.384. The molecule has 0 radical (unpaired) electrons. The van der Waals surface area contributed by atoms with Gasteiger partial charge in [-0.1, -0.05) is 18.2 Å². The lowest BCUT2D eigenvalue weighted by Gasteiger charge is -2.18. The van der Waals surface area contributed by atoms with E-state index in [9.17, 15) is 19.7 Å². The fourth-order valence-electron chi connectivity index (χ4n) is 2.22. The van der Waals surface area contributed by atoms with E-state index in [0.29, 0.717) is 5.75 Å². The van der Waals surface area contributed by atoms with Crippen LogP contribution < -0.4 is 14.8 Å². The van der Waals surface area contributed by atoms with Crippen LogP contribution in [0.25, 0.3) is 0 Å². The first-order valence-electron chi connectivity index (χ1n) is 8.37. The summed E-state index contributed by atoms with van der Waals surface area (Å²) in [5.41, 5.74) is -0.121. The lowest BCUT2D eigenvalue weighted by Crippen LogP contribution is -2.35. The number of amides is 1. The molecule has 0 heterocycles. The second kappa shape index (κ2) is 9.36. The predicted octanol–water partition coefficient (Wildman–Crippen LogP) is 2.94. The van der Waals surface area contributed by atoms with Gasteiger partial charge in [0.25, 0.3) is 11.6 Å². The fraction of sp³-hybridized carbons (Fsp3) is 0.263. The molecule has 9 heteroatoms. The number of para-hydroxylation sites is 1. The van der Waals surface area contributed by atoms with Crippen LogP contribution >= 0.6 is 0 Å². The van der Waals surface area contributed by atoms with Crippen molar-refractivity contribution in [2.75, 3.05) is 12.4 Å². The molecule has 2 atom stereocenters. The molecule has 9 nitrogen and oxygen atoms in total. The molecule has 0 saturated carbocycles. The molecule has 0 aliphatic rings. The van der Waals surface area contributed by atoms with Crippen molar-refractivity contribution in [2.45, 2.75) is 26.1 Å². The Hall–Kier alpha value is -3.62. The summed E-state index contributed by atoms with van der Waals surface area (Å²) in [5.74, 6) is -0.666. The van der Waals surface area contributed by atoms with Gasteiger partial charge in [-0.3, -0.25) is 14.9 Å². The van der Waals surface area contributed by atoms with Crippen molar-refractivity contribution in [3.8, 4) is 11.5 Å². The summed E-state index contributed by atoms with van der Waals surface area (Å²) in [6.45, 7) is 2.88. The van der Waals surface area contributed by atoms with Crippen molar-refractivity contribution in [3.05, 3.63) is 58.6 Å². The molecule has 0 bridgehead atoms. The van der Waals surface area contributed by atoms with Gasteiger partial charge in [-0.05, 0) is 32.0 Å². The van der Waals surface area contributed by atoms with Crippen LogP contribution in [0.1, 0.15) is 13.8 Å². The lowest BCUT2D eigenvalue weighted by atomic mass is 10.2. The number of ether oxygens (including phenoxy) is 3. The standard InChI is InChI=1S/C19H20N2O7/c1-12(28-19(23)13(2)27-15-7-5-4-6-8-15)18(22)20-16-11-14(21(24)25)9-10-17(16)26-3/h4-13H,1-3H3,(H,20,22)/t12-,13+/m1/s1. The second-order valence-corrected chi connectivity index (χ2v) is 5.78. The number of benzene rings is 2. The van der Waals surface area contributed by atoms with Crippen LogP contribution in [-0.2, 0) is 14.3 Å². The van der Waals surface area contributed by atoms with Crippen molar-refractivity contribution in [1.82, 2.24) is 0 Å². The first-order chi connectivity index (χ1) is 13.3. The van der Waals surface area contributed by atoms with Crippen molar-refractivity contribution < 1.29 is 28.7 Å². The molecule has 0 aromatic heterocycles. The van der Waals surface area contributed by atoms with Gasteiger partial charge in [-0.15, -0.1) is 0 Å². The van der Waals surface area contributed by atoms with Crippen LogP contribution in [0.15, 0.2) is 48.5 Å². The predicted molar refractivity (Wildman–Crippen MR) is 100 cm³/mol. The first kappa shape index (κ1) is 20.7. The average molecular weight is 388 g/mol. The molecule has 2 aromatic rings. The van der Waals surface area contributed by atoms with E-state index in [1.807, 2.05) is 6.07 Å². The highest BCUT2D eigenvalue weighted by molar-refractivity contribution is 5.96. The zero-order valence-corrected chi connectivity index (χ0v) is 15.6. The van der Waals surface area contributed by atoms with E-state index < -0.39 is 29.0 Å². The van der Waals surface area contributed by atoms with E-state index in [-0.39, 0.29) is 17.1 Å². The smallest absolute Gasteiger partial charge is 0.347 e. The topological polar surface area (TPSA) is 117 Å². The molecular formula is C19H20N2O7. The Balaban J connectivity index is 1.99. The molecule has 0 aliphatic heterocycles. The Morgan fingerprint density at radius 2 is 1.75 bits per heavy atom. The molecule has 2 rings (SSSR count). The number of nitrogens with zero attached hydrogens (tertiary/aromatic N) is 1. The van der Waals surface area contributed by atoms with Crippen molar-refractivity contribution >= 4 is 23.3 Å². The third-order valence-corrected chi connectivity index (χ3v) is 3.70. The monoisotopic (exact) mass is 388 g/mol. The summed E-state index contributed by atoms with van der Waals surface area (Å²) in [5, 5.41) is 13.4. The summed E-state index contributed by atoms with van der Waals surface area (Å²) in [6, 6.07) is 12.5. The number of rotatable bonds is 8. The molecule has 0 saturated heterocycles. The van der Waals surface area contributed by atoms with Crippen molar-refractivity contribution in [1.29, 1.82) is 0 Å². The maximum atomic E-state index is 12.3. The summed E-state index contributed by atoms with van der Waals surface area (Å²) in [7, 11) is 1.36. The number of non-ortho nitro benzene ring substituents is 1. The number of nitro groups is 1. The molecule has 0 spiro atoms. The number of carbonyl (C=O) groups is 2. The maximum absolute atomic E-state index is 12.3. The Bertz CT molecular complexity index is 855. The molecule has 0 fully saturated rings. The van der Waals surface area contributed by atoms with Crippen LogP contribution in [0.5, 0.6) is 11.5 Å². The molecule has 0 unspecified atom stereocenters. The van der Waals surface area contributed by atoms with Crippen LogP contribution in [0.3, 0.4) is 0 Å². The highest BCUT2D eigenvalue weighted by atomic mass is 16.6. The number of hydrogen-bond acceptors (Lipinski definition) is 7. The molecule has 0 aliphatic carbocycles. The van der Waals surface area contributed by atoms with E-state index in [0.717, 1.165) is 6.07 Å². The fourth-order valence-corrected chi connectivity index (χ4v) is 2.22. The van der Waals surface area contributed by atoms with E-state index in [4.69, 9.17) is 14.2 Å². The number of carbonyl (C=O) groups excluding carboxylic acids is 2. The van der Waals surface area contributed by atoms with E-state index >= 15 is 0 Å². The number of anilines is 1. The minimum atomic E-state index is -1.15. The molecule has 28 heavy (non-hydrogen) atoms. The first-order valence-corrected chi connectivity index (χ1v) is 8.37. The Morgan fingerprint density at radius 3 is 2.36 bits per heavy atom. The SMILES string of the molecule is COc1ccc([N+](=O)[O-])cc1NC(=O)[C@@H](C)OC(=O)[C@H](C)Oc1ccccc1. The van der Waals surface area contributed by atoms with Gasteiger partial charge in [0.05, 0.1) is 17.7 Å². The number of nitrogens with one attached hydrogen (secondary N) is 1. The van der Waals surface area contributed by atoms with Gasteiger partial charge in [0.2, 0.25) is 0 Å². The minimum absolute atomic E-state index is 0.0955. The van der Waals surface area contributed by atoms with Gasteiger partial charge in [0.1, 0.15) is 11.5 Å². The van der Waals surface area contributed by atoms with E-state index in [2.05, 4.69) is 5.32 Å². The summed E-state index contributed by atoms with van der Waals surface area (Å²) >= 11 is 0. The zero-order valence-electron chi connectivity index (χ0n) is 15.6. The molecular weight excluding hydrogens is 368 g/mol.